The van der Waals surface area contributed by atoms with Crippen molar-refractivity contribution in [3.05, 3.63) is 34.7 Å². The van der Waals surface area contributed by atoms with Crippen LogP contribution in [0.15, 0.2) is 32.4 Å². The molecule has 1 unspecified atom stereocenters. The molecule has 0 aromatic carbocycles. The number of carboxylic acid groups (broad SMARTS) is 1. The summed E-state index contributed by atoms with van der Waals surface area (Å²) in [6.45, 7) is 1.60. The summed E-state index contributed by atoms with van der Waals surface area (Å²) in [7, 11) is -3.94. The number of rotatable bonds is 5. The molecule has 20 heavy (non-hydrogen) atoms. The van der Waals surface area contributed by atoms with Gasteiger partial charge < -0.3 is 14.5 Å². The summed E-state index contributed by atoms with van der Waals surface area (Å²) in [5.41, 5.74) is 0. The van der Waals surface area contributed by atoms with Gasteiger partial charge in [0.05, 0.1) is 6.04 Å². The number of sulfonamides is 1. The van der Waals surface area contributed by atoms with Crippen LogP contribution < -0.4 is 4.72 Å². The van der Waals surface area contributed by atoms with Crippen LogP contribution >= 0.6 is 15.9 Å². The Morgan fingerprint density at radius 3 is 2.80 bits per heavy atom. The van der Waals surface area contributed by atoms with Gasteiger partial charge in [-0.2, -0.15) is 0 Å². The van der Waals surface area contributed by atoms with E-state index in [1.807, 2.05) is 0 Å². The Bertz CT molecular complexity index is 722. The lowest BCUT2D eigenvalue weighted by Crippen LogP contribution is -2.27. The summed E-state index contributed by atoms with van der Waals surface area (Å²) in [5.74, 6) is -1.39. The molecule has 2 rings (SSSR count). The van der Waals surface area contributed by atoms with Crippen molar-refractivity contribution >= 4 is 31.9 Å². The topological polar surface area (TPSA) is 125 Å². The Hall–Kier alpha value is -1.65. The minimum atomic E-state index is -3.94. The van der Waals surface area contributed by atoms with Gasteiger partial charge in [0.25, 0.3) is 0 Å². The second-order valence-corrected chi connectivity index (χ2v) is 6.27. The molecule has 0 bridgehead atoms. The number of nitrogens with zero attached hydrogens (tertiary/aromatic N) is 1. The van der Waals surface area contributed by atoms with Gasteiger partial charge in [0.2, 0.25) is 15.8 Å². The number of H-pyrrole nitrogens is 1. The first-order chi connectivity index (χ1) is 9.31. The third kappa shape index (κ3) is 2.92. The molecule has 3 N–H and O–H groups in total. The number of hydrogen-bond acceptors (Lipinski definition) is 5. The fourth-order valence-corrected chi connectivity index (χ4v) is 3.65. The predicted molar refractivity (Wildman–Crippen MR) is 70.7 cm³/mol. The van der Waals surface area contributed by atoms with Crippen molar-refractivity contribution in [1.29, 1.82) is 0 Å². The Labute approximate surface area is 122 Å². The van der Waals surface area contributed by atoms with Crippen LogP contribution in [0.1, 0.15) is 29.3 Å². The number of carbonyl (C=O) groups is 1. The summed E-state index contributed by atoms with van der Waals surface area (Å²) in [5, 5.41) is 8.78. The summed E-state index contributed by atoms with van der Waals surface area (Å²) >= 11 is 2.89. The van der Waals surface area contributed by atoms with Crippen LogP contribution in [0.5, 0.6) is 0 Å². The molecule has 2 heterocycles. The van der Waals surface area contributed by atoms with Crippen molar-refractivity contribution in [2.24, 2.45) is 0 Å². The highest BCUT2D eigenvalue weighted by Gasteiger charge is 2.27. The number of aromatic amines is 1. The standard InChI is InChI=1S/C10H10BrN3O5S/c1-5(9-12-2-3-13-9)14-20(17,18)7-4-6(10(15)16)19-8(7)11/h2-5,14H,1H3,(H,12,13)(H,15,16). The second kappa shape index (κ2) is 5.38. The molecule has 0 saturated heterocycles. The molecule has 0 amide bonds. The van der Waals surface area contributed by atoms with Crippen LogP contribution in [-0.4, -0.2) is 29.5 Å². The van der Waals surface area contributed by atoms with E-state index in [1.165, 1.54) is 6.20 Å². The molecule has 0 radical (unpaired) electrons. The van der Waals surface area contributed by atoms with Gasteiger partial charge in [-0.25, -0.2) is 22.9 Å². The molecule has 1 atom stereocenters. The highest BCUT2D eigenvalue weighted by Crippen LogP contribution is 2.27. The molecular formula is C10H10BrN3O5S. The number of hydrogen-bond donors (Lipinski definition) is 3. The van der Waals surface area contributed by atoms with Crippen LogP contribution in [0.25, 0.3) is 0 Å². The molecule has 0 aliphatic rings. The number of imidazole rings is 1. The van der Waals surface area contributed by atoms with E-state index in [2.05, 4.69) is 30.6 Å². The minimum absolute atomic E-state index is 0.172. The summed E-state index contributed by atoms with van der Waals surface area (Å²) < 4.78 is 31.3. The van der Waals surface area contributed by atoms with Gasteiger partial charge in [0.1, 0.15) is 10.7 Å². The van der Waals surface area contributed by atoms with Crippen molar-refractivity contribution in [3.63, 3.8) is 0 Å². The third-order valence-corrected chi connectivity index (χ3v) is 4.81. The zero-order chi connectivity index (χ0) is 14.9. The number of nitrogens with one attached hydrogen (secondary N) is 2. The first-order valence-corrected chi connectivity index (χ1v) is 7.63. The van der Waals surface area contributed by atoms with Crippen molar-refractivity contribution in [3.8, 4) is 0 Å². The van der Waals surface area contributed by atoms with Crippen molar-refractivity contribution in [2.75, 3.05) is 0 Å². The number of aromatic nitrogens is 2. The van der Waals surface area contributed by atoms with Gasteiger partial charge in [0, 0.05) is 18.5 Å². The molecule has 10 heteroatoms. The Morgan fingerprint density at radius 2 is 2.30 bits per heavy atom. The van der Waals surface area contributed by atoms with Crippen molar-refractivity contribution in [2.45, 2.75) is 17.9 Å². The number of carboxylic acids is 1. The normalized spacial score (nSPS) is 13.3. The fourth-order valence-electron chi connectivity index (χ4n) is 1.51. The second-order valence-electron chi connectivity index (χ2n) is 3.87. The fraction of sp³-hybridized carbons (Fsp3) is 0.200. The maximum atomic E-state index is 12.2. The van der Waals surface area contributed by atoms with E-state index in [4.69, 9.17) is 9.52 Å². The smallest absolute Gasteiger partial charge is 0.371 e. The maximum absolute atomic E-state index is 12.2. The Balaban J connectivity index is 2.29. The third-order valence-electron chi connectivity index (χ3n) is 2.42. The van der Waals surface area contributed by atoms with E-state index in [0.717, 1.165) is 6.07 Å². The van der Waals surface area contributed by atoms with Crippen LogP contribution in [0, 0.1) is 0 Å². The maximum Gasteiger partial charge on any atom is 0.371 e. The monoisotopic (exact) mass is 363 g/mol. The minimum Gasteiger partial charge on any atom is -0.475 e. The molecule has 8 nitrogen and oxygen atoms in total. The molecule has 2 aromatic heterocycles. The molecule has 108 valence electrons. The highest BCUT2D eigenvalue weighted by atomic mass is 79.9. The van der Waals surface area contributed by atoms with E-state index in [9.17, 15) is 13.2 Å². The average Bonchev–Trinajstić information content (AvgIpc) is 2.96. The Kier molecular flexibility index (Phi) is 3.97. The lowest BCUT2D eigenvalue weighted by atomic mass is 10.3. The molecule has 0 spiro atoms. The van der Waals surface area contributed by atoms with E-state index in [-0.39, 0.29) is 9.56 Å². The summed E-state index contributed by atoms with van der Waals surface area (Å²) in [4.78, 5) is 17.2. The molecule has 2 aromatic rings. The molecule has 0 fully saturated rings. The van der Waals surface area contributed by atoms with Crippen LogP contribution in [0.4, 0.5) is 0 Å². The highest BCUT2D eigenvalue weighted by molar-refractivity contribution is 9.10. The lowest BCUT2D eigenvalue weighted by molar-refractivity contribution is 0.0661. The van der Waals surface area contributed by atoms with Gasteiger partial charge >= 0.3 is 5.97 Å². The van der Waals surface area contributed by atoms with E-state index in [1.54, 1.807) is 13.1 Å². The largest absolute Gasteiger partial charge is 0.475 e. The number of aromatic carboxylic acids is 1. The zero-order valence-electron chi connectivity index (χ0n) is 10.1. The molecule has 0 saturated carbocycles. The molecule has 0 aliphatic heterocycles. The average molecular weight is 364 g/mol. The first kappa shape index (κ1) is 14.8. The quantitative estimate of drug-likeness (QED) is 0.738. The van der Waals surface area contributed by atoms with Crippen LogP contribution in [0.2, 0.25) is 0 Å². The Morgan fingerprint density at radius 1 is 1.60 bits per heavy atom. The van der Waals surface area contributed by atoms with Gasteiger partial charge in [-0.3, -0.25) is 0 Å². The number of furan rings is 1. The summed E-state index contributed by atoms with van der Waals surface area (Å²) in [6.07, 6.45) is 3.06. The summed E-state index contributed by atoms with van der Waals surface area (Å²) in [6, 6.07) is 0.328. The predicted octanol–water partition coefficient (Wildman–Crippen LogP) is 1.50. The number of halogens is 1. The van der Waals surface area contributed by atoms with Crippen molar-refractivity contribution < 1.29 is 22.7 Å². The van der Waals surface area contributed by atoms with E-state index < -0.39 is 27.8 Å². The lowest BCUT2D eigenvalue weighted by Gasteiger charge is -2.10. The van der Waals surface area contributed by atoms with Gasteiger partial charge in [0.15, 0.2) is 4.67 Å². The van der Waals surface area contributed by atoms with Gasteiger partial charge in [-0.15, -0.1) is 0 Å². The van der Waals surface area contributed by atoms with E-state index in [0.29, 0.717) is 5.82 Å². The van der Waals surface area contributed by atoms with Crippen LogP contribution in [0.3, 0.4) is 0 Å². The van der Waals surface area contributed by atoms with Crippen molar-refractivity contribution in [1.82, 2.24) is 14.7 Å². The zero-order valence-corrected chi connectivity index (χ0v) is 12.5. The van der Waals surface area contributed by atoms with Gasteiger partial charge in [-0.05, 0) is 22.9 Å². The molecular weight excluding hydrogens is 354 g/mol. The SMILES string of the molecule is CC(NS(=O)(=O)c1cc(C(=O)O)oc1Br)c1ncc[nH]1. The first-order valence-electron chi connectivity index (χ1n) is 5.35. The van der Waals surface area contributed by atoms with Crippen LogP contribution in [-0.2, 0) is 10.0 Å². The van der Waals surface area contributed by atoms with E-state index >= 15 is 0 Å². The molecule has 0 aliphatic carbocycles. The van der Waals surface area contributed by atoms with Gasteiger partial charge in [-0.1, -0.05) is 0 Å².